The fourth-order valence-electron chi connectivity index (χ4n) is 13.1. The largest absolute Gasteiger partial charge is 0.480 e. The van der Waals surface area contributed by atoms with Crippen LogP contribution in [0.3, 0.4) is 0 Å². The number of allylic oxidation sites excluding steroid dienone is 2. The number of aliphatic hydroxyl groups excluding tert-OH is 1. The number of carbonyl (C=O) groups excluding carboxylic acids is 2. The maximum atomic E-state index is 12.9. The SMILES string of the molecule is CCCCCCCCCC/C=C\CCCCCCCCCCCCCC(=O)OC1CCC2(C)C(CCC3C2CC(O)C2(C)C(C(C)CCC(=O)NCC(=O)O)CCC32)C1. The van der Waals surface area contributed by atoms with Crippen molar-refractivity contribution < 1.29 is 29.3 Å². The second-order valence-electron chi connectivity index (χ2n) is 20.7. The zero-order valence-corrected chi connectivity index (χ0v) is 38.6. The molecule has 0 saturated heterocycles. The average molecular weight is 826 g/mol. The summed E-state index contributed by atoms with van der Waals surface area (Å²) < 4.78 is 6.14. The van der Waals surface area contributed by atoms with Gasteiger partial charge >= 0.3 is 11.9 Å². The summed E-state index contributed by atoms with van der Waals surface area (Å²) >= 11 is 0. The van der Waals surface area contributed by atoms with Gasteiger partial charge in [-0.15, -0.1) is 0 Å². The molecule has 10 atom stereocenters. The van der Waals surface area contributed by atoms with E-state index in [-0.39, 0.29) is 41.5 Å². The van der Waals surface area contributed by atoms with Crippen molar-refractivity contribution >= 4 is 17.8 Å². The molecule has 4 fully saturated rings. The zero-order chi connectivity index (χ0) is 42.5. The van der Waals surface area contributed by atoms with Crippen molar-refractivity contribution in [3.05, 3.63) is 12.2 Å². The van der Waals surface area contributed by atoms with Gasteiger partial charge in [0, 0.05) is 12.8 Å². The number of carboxylic acid groups (broad SMARTS) is 1. The number of aliphatic hydroxyl groups is 1. The highest BCUT2D eigenvalue weighted by Gasteiger charge is 2.63. The van der Waals surface area contributed by atoms with Crippen LogP contribution in [0.15, 0.2) is 12.2 Å². The zero-order valence-electron chi connectivity index (χ0n) is 38.6. The van der Waals surface area contributed by atoms with Crippen molar-refractivity contribution in [2.75, 3.05) is 6.54 Å². The van der Waals surface area contributed by atoms with Crippen LogP contribution in [0.4, 0.5) is 0 Å². The number of carbonyl (C=O) groups is 3. The summed E-state index contributed by atoms with van der Waals surface area (Å²) in [6.07, 6.45) is 42.5. The van der Waals surface area contributed by atoms with Gasteiger partial charge in [-0.05, 0) is 136 Å². The van der Waals surface area contributed by atoms with Crippen LogP contribution in [-0.2, 0) is 19.1 Å². The summed E-state index contributed by atoms with van der Waals surface area (Å²) in [6.45, 7) is 9.01. The molecule has 4 rings (SSSR count). The van der Waals surface area contributed by atoms with Crippen LogP contribution in [0.5, 0.6) is 0 Å². The molecule has 10 unspecified atom stereocenters. The minimum atomic E-state index is -1.02. The van der Waals surface area contributed by atoms with Gasteiger partial charge in [0.2, 0.25) is 5.91 Å². The molecule has 7 heteroatoms. The minimum Gasteiger partial charge on any atom is -0.480 e. The van der Waals surface area contributed by atoms with Crippen molar-refractivity contribution in [3.8, 4) is 0 Å². The van der Waals surface area contributed by atoms with Crippen LogP contribution >= 0.6 is 0 Å². The lowest BCUT2D eigenvalue weighted by Crippen LogP contribution is -2.59. The van der Waals surface area contributed by atoms with Gasteiger partial charge < -0.3 is 20.3 Å². The van der Waals surface area contributed by atoms with Crippen LogP contribution in [0.2, 0.25) is 0 Å². The van der Waals surface area contributed by atoms with Crippen molar-refractivity contribution in [1.82, 2.24) is 5.32 Å². The van der Waals surface area contributed by atoms with Crippen LogP contribution < -0.4 is 5.32 Å². The average Bonchev–Trinajstić information content (AvgIpc) is 3.58. The van der Waals surface area contributed by atoms with Crippen molar-refractivity contribution in [3.63, 3.8) is 0 Å². The summed E-state index contributed by atoms with van der Waals surface area (Å²) in [5.41, 5.74) is 0.0428. The lowest BCUT2D eigenvalue weighted by Gasteiger charge is -2.62. The van der Waals surface area contributed by atoms with Gasteiger partial charge in [-0.25, -0.2) is 0 Å². The number of amides is 1. The Balaban J connectivity index is 1.01. The number of unbranched alkanes of at least 4 members (excludes halogenated alkanes) is 19. The number of aliphatic carboxylic acids is 1. The van der Waals surface area contributed by atoms with Gasteiger partial charge in [0.15, 0.2) is 0 Å². The standard InChI is InChI=1S/C52H91NO6/c1-5-6-7-8-9-10-11-12-13-14-15-16-17-18-19-20-21-22-23-24-25-26-27-28-50(58)59-42-35-36-51(3)41(37-42)30-31-43-45-33-32-44(52(45,4)47(54)38-46(43)51)40(2)29-34-48(55)53-39-49(56)57/h14-15,40-47,54H,5-13,16-39H2,1-4H3,(H,53,55)(H,56,57)/b15-14-. The topological polar surface area (TPSA) is 113 Å². The summed E-state index contributed by atoms with van der Waals surface area (Å²) in [6, 6.07) is 0. The first-order valence-corrected chi connectivity index (χ1v) is 25.5. The number of ether oxygens (including phenoxy) is 1. The van der Waals surface area contributed by atoms with Gasteiger partial charge in [0.05, 0.1) is 6.10 Å². The third-order valence-electron chi connectivity index (χ3n) is 16.7. The number of nitrogens with one attached hydrogen (secondary N) is 1. The van der Waals surface area contributed by atoms with E-state index in [1.54, 1.807) is 0 Å². The number of fused-ring (bicyclic) bond motifs is 5. The van der Waals surface area contributed by atoms with E-state index in [4.69, 9.17) is 9.84 Å². The number of rotatable bonds is 30. The van der Waals surface area contributed by atoms with Crippen LogP contribution in [0.25, 0.3) is 0 Å². The van der Waals surface area contributed by atoms with Crippen molar-refractivity contribution in [1.29, 1.82) is 0 Å². The Morgan fingerprint density at radius 3 is 1.88 bits per heavy atom. The van der Waals surface area contributed by atoms with Crippen LogP contribution in [0.1, 0.15) is 233 Å². The molecule has 0 bridgehead atoms. The third-order valence-corrected chi connectivity index (χ3v) is 16.7. The first-order chi connectivity index (χ1) is 28.5. The Bertz CT molecular complexity index is 1250. The molecule has 4 saturated carbocycles. The minimum absolute atomic E-state index is 0.000571. The Hall–Kier alpha value is -1.89. The Morgan fingerprint density at radius 1 is 0.712 bits per heavy atom. The monoisotopic (exact) mass is 826 g/mol. The van der Waals surface area contributed by atoms with Crippen molar-refractivity contribution in [2.24, 2.45) is 46.3 Å². The number of hydrogen-bond donors (Lipinski definition) is 3. The molecule has 0 aromatic rings. The maximum Gasteiger partial charge on any atom is 0.322 e. The Kier molecular flexibility index (Phi) is 22.4. The van der Waals surface area contributed by atoms with E-state index in [9.17, 15) is 19.5 Å². The summed E-state index contributed by atoms with van der Waals surface area (Å²) in [5, 5.41) is 23.3. The van der Waals surface area contributed by atoms with Gasteiger partial charge in [0.1, 0.15) is 12.6 Å². The van der Waals surface area contributed by atoms with Gasteiger partial charge in [-0.1, -0.05) is 143 Å². The van der Waals surface area contributed by atoms with E-state index in [1.807, 2.05) is 0 Å². The predicted octanol–water partition coefficient (Wildman–Crippen LogP) is 13.3. The van der Waals surface area contributed by atoms with Crippen molar-refractivity contribution in [2.45, 2.75) is 245 Å². The molecular weight excluding hydrogens is 735 g/mol. The lowest BCUT2D eigenvalue weighted by atomic mass is 9.43. The highest BCUT2D eigenvalue weighted by atomic mass is 16.5. The molecule has 0 aliphatic heterocycles. The first-order valence-electron chi connectivity index (χ1n) is 25.5. The molecule has 4 aliphatic rings. The molecule has 0 aromatic heterocycles. The van der Waals surface area contributed by atoms with Crippen LogP contribution in [-0.4, -0.2) is 46.8 Å². The van der Waals surface area contributed by atoms with Gasteiger partial charge in [-0.3, -0.25) is 14.4 Å². The van der Waals surface area contributed by atoms with E-state index >= 15 is 0 Å². The summed E-state index contributed by atoms with van der Waals surface area (Å²) in [7, 11) is 0. The number of esters is 1. The molecule has 3 N–H and O–H groups in total. The lowest BCUT2D eigenvalue weighted by molar-refractivity contribution is -0.181. The van der Waals surface area contributed by atoms with E-state index in [0.717, 1.165) is 57.8 Å². The van der Waals surface area contributed by atoms with Gasteiger partial charge in [-0.2, -0.15) is 0 Å². The van der Waals surface area contributed by atoms with E-state index in [2.05, 4.69) is 45.2 Å². The summed E-state index contributed by atoms with van der Waals surface area (Å²) in [5.74, 6) is 1.62. The number of hydrogen-bond acceptors (Lipinski definition) is 5. The molecule has 1 amide bonds. The fourth-order valence-corrected chi connectivity index (χ4v) is 13.1. The Morgan fingerprint density at radius 2 is 1.29 bits per heavy atom. The summed E-state index contributed by atoms with van der Waals surface area (Å²) in [4.78, 5) is 36.0. The maximum absolute atomic E-state index is 12.9. The Labute approximate surface area is 361 Å². The molecule has 340 valence electrons. The first kappa shape index (κ1) is 49.8. The highest BCUT2D eigenvalue weighted by Crippen LogP contribution is 2.68. The normalized spacial score (nSPS) is 30.7. The molecule has 4 aliphatic carbocycles. The molecule has 0 heterocycles. The predicted molar refractivity (Wildman–Crippen MR) is 242 cm³/mol. The fraction of sp³-hybridized carbons (Fsp3) is 0.904. The second-order valence-corrected chi connectivity index (χ2v) is 20.7. The van der Waals surface area contributed by atoms with E-state index in [0.29, 0.717) is 48.3 Å². The molecular formula is C52H91NO6. The molecule has 59 heavy (non-hydrogen) atoms. The van der Waals surface area contributed by atoms with Gasteiger partial charge in [0.25, 0.3) is 0 Å². The molecule has 0 spiro atoms. The van der Waals surface area contributed by atoms with Crippen LogP contribution in [0, 0.1) is 46.3 Å². The molecule has 7 nitrogen and oxygen atoms in total. The molecule has 0 aromatic carbocycles. The highest BCUT2D eigenvalue weighted by molar-refractivity contribution is 5.81. The second kappa shape index (κ2) is 26.6. The quantitative estimate of drug-likeness (QED) is 0.0378. The van der Waals surface area contributed by atoms with E-state index < -0.39 is 5.97 Å². The smallest absolute Gasteiger partial charge is 0.322 e. The number of carboxylic acids is 1. The third kappa shape index (κ3) is 15.5. The van der Waals surface area contributed by atoms with E-state index in [1.165, 1.54) is 135 Å². The molecule has 0 radical (unpaired) electrons.